The fraction of sp³-hybridized carbons (Fsp3) is 0.0500. The summed E-state index contributed by atoms with van der Waals surface area (Å²) in [5, 5.41) is 0.678. The van der Waals surface area contributed by atoms with Gasteiger partial charge in [-0.15, -0.1) is 0 Å². The zero-order valence-corrected chi connectivity index (χ0v) is 13.9. The highest BCUT2D eigenvalue weighted by atomic mass is 16.5. The Morgan fingerprint density at radius 1 is 1.00 bits per heavy atom. The molecule has 1 aromatic heterocycles. The molecule has 6 heteroatoms. The molecule has 6 nitrogen and oxygen atoms in total. The highest BCUT2D eigenvalue weighted by molar-refractivity contribution is 5.84. The van der Waals surface area contributed by atoms with Crippen LogP contribution in [-0.2, 0) is 9.59 Å². The lowest BCUT2D eigenvalue weighted by Crippen LogP contribution is -2.05. The van der Waals surface area contributed by atoms with E-state index in [1.54, 1.807) is 42.5 Å². The van der Waals surface area contributed by atoms with Crippen LogP contribution in [0.2, 0.25) is 0 Å². The van der Waals surface area contributed by atoms with Gasteiger partial charge in [-0.1, -0.05) is 18.7 Å². The quantitative estimate of drug-likeness (QED) is 0.310. The maximum Gasteiger partial charge on any atom is 0.344 e. The smallest absolute Gasteiger partial charge is 0.344 e. The maximum absolute atomic E-state index is 12.3. The standard InChI is InChI=1S/C20H14O6/c1-3-19(22)25-15-7-4-13(5-8-15)17-10-14-6-9-16(24-12(2)21)11-18(14)26-20(17)23/h3-11H,1H2,2H3. The molecule has 2 aromatic carbocycles. The fourth-order valence-corrected chi connectivity index (χ4v) is 2.38. The van der Waals surface area contributed by atoms with Gasteiger partial charge in [0.25, 0.3) is 0 Å². The second-order valence-corrected chi connectivity index (χ2v) is 5.39. The largest absolute Gasteiger partial charge is 0.427 e. The van der Waals surface area contributed by atoms with E-state index in [1.165, 1.54) is 13.0 Å². The van der Waals surface area contributed by atoms with Gasteiger partial charge < -0.3 is 13.9 Å². The second kappa shape index (κ2) is 7.06. The van der Waals surface area contributed by atoms with E-state index < -0.39 is 17.6 Å². The van der Waals surface area contributed by atoms with Gasteiger partial charge in [-0.2, -0.15) is 0 Å². The molecule has 130 valence electrons. The number of ether oxygens (including phenoxy) is 2. The number of hydrogen-bond donors (Lipinski definition) is 0. The molecule has 0 saturated carbocycles. The predicted molar refractivity (Wildman–Crippen MR) is 95.1 cm³/mol. The summed E-state index contributed by atoms with van der Waals surface area (Å²) in [4.78, 5) is 34.5. The van der Waals surface area contributed by atoms with E-state index in [0.717, 1.165) is 6.08 Å². The van der Waals surface area contributed by atoms with Gasteiger partial charge in [-0.25, -0.2) is 9.59 Å². The summed E-state index contributed by atoms with van der Waals surface area (Å²) in [7, 11) is 0. The molecular weight excluding hydrogens is 336 g/mol. The monoisotopic (exact) mass is 350 g/mol. The summed E-state index contributed by atoms with van der Waals surface area (Å²) in [5.41, 5.74) is 0.754. The third kappa shape index (κ3) is 3.70. The van der Waals surface area contributed by atoms with Gasteiger partial charge in [0, 0.05) is 24.5 Å². The van der Waals surface area contributed by atoms with Crippen LogP contribution < -0.4 is 15.1 Å². The third-order valence-electron chi connectivity index (χ3n) is 3.52. The first-order chi connectivity index (χ1) is 12.5. The van der Waals surface area contributed by atoms with E-state index in [9.17, 15) is 14.4 Å². The van der Waals surface area contributed by atoms with Crippen molar-refractivity contribution in [2.45, 2.75) is 6.92 Å². The summed E-state index contributed by atoms with van der Waals surface area (Å²) >= 11 is 0. The van der Waals surface area contributed by atoms with Crippen LogP contribution in [0.5, 0.6) is 11.5 Å². The highest BCUT2D eigenvalue weighted by Crippen LogP contribution is 2.25. The lowest BCUT2D eigenvalue weighted by Gasteiger charge is -2.06. The fourth-order valence-electron chi connectivity index (χ4n) is 2.38. The third-order valence-corrected chi connectivity index (χ3v) is 3.52. The molecule has 3 rings (SSSR count). The van der Waals surface area contributed by atoms with Crippen molar-refractivity contribution in [2.75, 3.05) is 0 Å². The van der Waals surface area contributed by atoms with E-state index >= 15 is 0 Å². The molecule has 0 aliphatic carbocycles. The number of rotatable bonds is 4. The molecular formula is C20H14O6. The highest BCUT2D eigenvalue weighted by Gasteiger charge is 2.10. The predicted octanol–water partition coefficient (Wildman–Crippen LogP) is 3.48. The Kier molecular flexibility index (Phi) is 4.66. The van der Waals surface area contributed by atoms with Gasteiger partial charge in [0.15, 0.2) is 0 Å². The zero-order valence-electron chi connectivity index (χ0n) is 13.9. The summed E-state index contributed by atoms with van der Waals surface area (Å²) < 4.78 is 15.3. The Labute approximate surface area is 148 Å². The molecule has 0 unspecified atom stereocenters. The molecule has 0 radical (unpaired) electrons. The van der Waals surface area contributed by atoms with E-state index in [0.29, 0.717) is 33.6 Å². The van der Waals surface area contributed by atoms with E-state index in [1.807, 2.05) is 0 Å². The van der Waals surface area contributed by atoms with Crippen molar-refractivity contribution in [3.8, 4) is 22.6 Å². The van der Waals surface area contributed by atoms with E-state index in [4.69, 9.17) is 13.9 Å². The van der Waals surface area contributed by atoms with Crippen LogP contribution in [0.1, 0.15) is 6.92 Å². The number of benzene rings is 2. The van der Waals surface area contributed by atoms with Crippen molar-refractivity contribution < 1.29 is 23.5 Å². The SMILES string of the molecule is C=CC(=O)Oc1ccc(-c2cc3ccc(OC(C)=O)cc3oc2=O)cc1. The first kappa shape index (κ1) is 17.2. The molecule has 0 N–H and O–H groups in total. The Balaban J connectivity index is 1.96. The van der Waals surface area contributed by atoms with Crippen LogP contribution >= 0.6 is 0 Å². The van der Waals surface area contributed by atoms with Crippen LogP contribution in [0.4, 0.5) is 0 Å². The topological polar surface area (TPSA) is 82.8 Å². The van der Waals surface area contributed by atoms with Gasteiger partial charge in [0.2, 0.25) is 0 Å². The van der Waals surface area contributed by atoms with Crippen molar-refractivity contribution in [3.05, 3.63) is 71.6 Å². The molecule has 3 aromatic rings. The van der Waals surface area contributed by atoms with Crippen LogP contribution in [0, 0.1) is 0 Å². The average Bonchev–Trinajstić information content (AvgIpc) is 2.61. The molecule has 0 bridgehead atoms. The van der Waals surface area contributed by atoms with Crippen molar-refractivity contribution in [1.29, 1.82) is 0 Å². The number of carbonyl (C=O) groups excluding carboxylic acids is 2. The first-order valence-corrected chi connectivity index (χ1v) is 7.67. The summed E-state index contributed by atoms with van der Waals surface area (Å²) in [6.45, 7) is 4.62. The molecule has 0 amide bonds. The molecule has 0 atom stereocenters. The number of fused-ring (bicyclic) bond motifs is 1. The Bertz CT molecular complexity index is 1060. The minimum Gasteiger partial charge on any atom is -0.427 e. The average molecular weight is 350 g/mol. The minimum absolute atomic E-state index is 0.300. The van der Waals surface area contributed by atoms with Crippen LogP contribution in [0.25, 0.3) is 22.1 Å². The lowest BCUT2D eigenvalue weighted by atomic mass is 10.1. The molecule has 1 heterocycles. The van der Waals surface area contributed by atoms with Gasteiger partial charge >= 0.3 is 17.6 Å². The molecule has 0 aliphatic rings. The maximum atomic E-state index is 12.3. The Hall–Kier alpha value is -3.67. The van der Waals surface area contributed by atoms with E-state index in [2.05, 4.69) is 6.58 Å². The molecule has 26 heavy (non-hydrogen) atoms. The summed E-state index contributed by atoms with van der Waals surface area (Å²) in [6.07, 6.45) is 1.07. The van der Waals surface area contributed by atoms with Crippen molar-refractivity contribution in [1.82, 2.24) is 0 Å². The number of carbonyl (C=O) groups is 2. The summed E-state index contributed by atoms with van der Waals surface area (Å²) in [5.74, 6) is -0.378. The van der Waals surface area contributed by atoms with Crippen LogP contribution in [-0.4, -0.2) is 11.9 Å². The van der Waals surface area contributed by atoms with Crippen molar-refractivity contribution in [2.24, 2.45) is 0 Å². The number of hydrogen-bond acceptors (Lipinski definition) is 6. The summed E-state index contributed by atoms with van der Waals surface area (Å²) in [6, 6.07) is 12.9. The van der Waals surface area contributed by atoms with Gasteiger partial charge in [-0.3, -0.25) is 4.79 Å². The Morgan fingerprint density at radius 3 is 2.35 bits per heavy atom. The van der Waals surface area contributed by atoms with Gasteiger partial charge in [-0.05, 0) is 35.9 Å². The van der Waals surface area contributed by atoms with Crippen LogP contribution in [0.15, 0.2) is 70.4 Å². The second-order valence-electron chi connectivity index (χ2n) is 5.39. The van der Waals surface area contributed by atoms with Crippen molar-refractivity contribution >= 4 is 22.9 Å². The van der Waals surface area contributed by atoms with Gasteiger partial charge in [0.05, 0.1) is 5.56 Å². The molecule has 0 aliphatic heterocycles. The molecule has 0 saturated heterocycles. The Morgan fingerprint density at radius 2 is 1.69 bits per heavy atom. The normalized spacial score (nSPS) is 10.3. The number of esters is 2. The first-order valence-electron chi connectivity index (χ1n) is 7.67. The minimum atomic E-state index is -0.563. The lowest BCUT2D eigenvalue weighted by molar-refractivity contribution is -0.132. The van der Waals surface area contributed by atoms with Gasteiger partial charge in [0.1, 0.15) is 17.1 Å². The van der Waals surface area contributed by atoms with Crippen molar-refractivity contribution in [3.63, 3.8) is 0 Å². The van der Waals surface area contributed by atoms with E-state index in [-0.39, 0.29) is 0 Å². The van der Waals surface area contributed by atoms with Crippen LogP contribution in [0.3, 0.4) is 0 Å². The molecule has 0 fully saturated rings. The molecule has 0 spiro atoms. The zero-order chi connectivity index (χ0) is 18.7.